The third-order valence-corrected chi connectivity index (χ3v) is 7.33. The van der Waals surface area contributed by atoms with Crippen molar-refractivity contribution in [3.63, 3.8) is 0 Å². The molecular formula is C21H32F3N5O. The van der Waals surface area contributed by atoms with Gasteiger partial charge >= 0.3 is 0 Å². The third kappa shape index (κ3) is 4.23. The number of halogens is 3. The topological polar surface area (TPSA) is 73.3 Å². The molecule has 30 heavy (non-hydrogen) atoms. The molecule has 1 saturated heterocycles. The molecule has 1 aromatic rings. The Hall–Kier alpha value is -1.61. The van der Waals surface area contributed by atoms with Crippen LogP contribution in [0.25, 0.3) is 0 Å². The normalized spacial score (nSPS) is 32.8. The maximum atomic E-state index is 15.1. The average molecular weight is 428 g/mol. The van der Waals surface area contributed by atoms with Crippen LogP contribution < -0.4 is 15.5 Å². The molecule has 0 aromatic carbocycles. The Morgan fingerprint density at radius 3 is 2.63 bits per heavy atom. The van der Waals surface area contributed by atoms with Gasteiger partial charge in [0.2, 0.25) is 5.82 Å². The number of anilines is 2. The minimum absolute atomic E-state index is 0.0333. The highest BCUT2D eigenvalue weighted by Gasteiger charge is 2.70. The number of aliphatic hydroxyl groups excluding tert-OH is 1. The fourth-order valence-corrected chi connectivity index (χ4v) is 5.08. The van der Waals surface area contributed by atoms with E-state index in [1.165, 1.54) is 6.33 Å². The zero-order valence-electron chi connectivity index (χ0n) is 17.5. The second-order valence-corrected chi connectivity index (χ2v) is 9.20. The van der Waals surface area contributed by atoms with Crippen molar-refractivity contribution in [2.24, 2.45) is 17.3 Å². The van der Waals surface area contributed by atoms with Gasteiger partial charge in [-0.15, -0.1) is 0 Å². The molecule has 1 aliphatic heterocycles. The van der Waals surface area contributed by atoms with Gasteiger partial charge in [-0.2, -0.15) is 4.39 Å². The monoisotopic (exact) mass is 427 g/mol. The molecule has 3 N–H and O–H groups in total. The summed E-state index contributed by atoms with van der Waals surface area (Å²) in [4.78, 5) is 10.1. The van der Waals surface area contributed by atoms with Crippen LogP contribution in [0.15, 0.2) is 6.33 Å². The van der Waals surface area contributed by atoms with Gasteiger partial charge in [-0.05, 0) is 51.5 Å². The van der Waals surface area contributed by atoms with Crippen LogP contribution in [0.1, 0.15) is 45.4 Å². The molecule has 3 fully saturated rings. The van der Waals surface area contributed by atoms with Crippen LogP contribution in [-0.2, 0) is 0 Å². The number of rotatable bonds is 7. The summed E-state index contributed by atoms with van der Waals surface area (Å²) in [7, 11) is 0. The van der Waals surface area contributed by atoms with Gasteiger partial charge in [0.15, 0.2) is 11.6 Å². The van der Waals surface area contributed by atoms with Gasteiger partial charge in [-0.1, -0.05) is 0 Å². The highest BCUT2D eigenvalue weighted by molar-refractivity contribution is 5.50. The van der Waals surface area contributed by atoms with Crippen LogP contribution >= 0.6 is 0 Å². The zero-order valence-corrected chi connectivity index (χ0v) is 17.5. The molecule has 0 unspecified atom stereocenters. The number of piperidine rings is 1. The number of hydrogen-bond donors (Lipinski definition) is 3. The lowest BCUT2D eigenvalue weighted by Crippen LogP contribution is -2.43. The van der Waals surface area contributed by atoms with Gasteiger partial charge in [0.05, 0.1) is 6.10 Å². The lowest BCUT2D eigenvalue weighted by Gasteiger charge is -2.33. The molecule has 3 aliphatic rings. The molecule has 2 atom stereocenters. The van der Waals surface area contributed by atoms with E-state index in [0.717, 1.165) is 25.8 Å². The van der Waals surface area contributed by atoms with E-state index >= 15 is 4.39 Å². The molecule has 1 aromatic heterocycles. The van der Waals surface area contributed by atoms with Crippen LogP contribution in [0.2, 0.25) is 0 Å². The van der Waals surface area contributed by atoms with E-state index in [4.69, 9.17) is 0 Å². The smallest absolute Gasteiger partial charge is 0.254 e. The summed E-state index contributed by atoms with van der Waals surface area (Å²) >= 11 is 0. The van der Waals surface area contributed by atoms with Crippen molar-refractivity contribution in [2.75, 3.05) is 42.9 Å². The molecule has 1 spiro atoms. The largest absolute Gasteiger partial charge is 0.391 e. The summed E-state index contributed by atoms with van der Waals surface area (Å²) in [6, 6.07) is 0. The van der Waals surface area contributed by atoms with Crippen molar-refractivity contribution in [3.8, 4) is 0 Å². The van der Waals surface area contributed by atoms with Crippen LogP contribution in [0, 0.1) is 23.1 Å². The van der Waals surface area contributed by atoms with Crippen LogP contribution in [0.5, 0.6) is 0 Å². The average Bonchev–Trinajstić information content (AvgIpc) is 3.27. The Morgan fingerprint density at radius 2 is 2.00 bits per heavy atom. The lowest BCUT2D eigenvalue weighted by atomic mass is 9.79. The Balaban J connectivity index is 1.36. The molecule has 9 heteroatoms. The second-order valence-electron chi connectivity index (χ2n) is 9.20. The molecular weight excluding hydrogens is 395 g/mol. The minimum atomic E-state index is -2.48. The minimum Gasteiger partial charge on any atom is -0.391 e. The molecule has 0 radical (unpaired) electrons. The standard InChI is InChI=1S/C21H32F3N5O/c1-2-29(11-14-3-6-20(7-4-14)12-21(20,23)24)19-17(22)18(27-13-28-19)26-9-15-5-8-25-10-16(15)30/h13-16,25,30H,2-12H2,1H3,(H,26,27,28)/t14?,15-,16+,20?/m1/s1. The summed E-state index contributed by atoms with van der Waals surface area (Å²) in [6.45, 7) is 4.96. The van der Waals surface area contributed by atoms with E-state index in [1.54, 1.807) is 0 Å². The SMILES string of the molecule is CCN(CC1CCC2(CC1)CC2(F)F)c1ncnc(NC[C@H]2CCNC[C@@H]2O)c1F. The number of aliphatic hydroxyl groups is 1. The Morgan fingerprint density at radius 1 is 1.27 bits per heavy atom. The molecule has 2 aliphatic carbocycles. The van der Waals surface area contributed by atoms with Gasteiger partial charge < -0.3 is 20.6 Å². The highest BCUT2D eigenvalue weighted by Crippen LogP contribution is 2.67. The quantitative estimate of drug-likeness (QED) is 0.621. The molecule has 2 heterocycles. The zero-order chi connectivity index (χ0) is 21.4. The molecule has 6 nitrogen and oxygen atoms in total. The van der Waals surface area contributed by atoms with Gasteiger partial charge in [-0.25, -0.2) is 18.7 Å². The van der Waals surface area contributed by atoms with Gasteiger partial charge in [0, 0.05) is 43.9 Å². The van der Waals surface area contributed by atoms with E-state index in [2.05, 4.69) is 20.6 Å². The predicted molar refractivity (Wildman–Crippen MR) is 109 cm³/mol. The van der Waals surface area contributed by atoms with Crippen molar-refractivity contribution >= 4 is 11.6 Å². The molecule has 2 saturated carbocycles. The fourth-order valence-electron chi connectivity index (χ4n) is 5.08. The molecule has 0 bridgehead atoms. The van der Waals surface area contributed by atoms with Crippen molar-refractivity contribution in [1.29, 1.82) is 0 Å². The number of hydrogen-bond acceptors (Lipinski definition) is 6. The highest BCUT2D eigenvalue weighted by atomic mass is 19.3. The summed E-state index contributed by atoms with van der Waals surface area (Å²) in [5, 5.41) is 16.2. The molecule has 0 amide bonds. The number of aromatic nitrogens is 2. The van der Waals surface area contributed by atoms with E-state index in [-0.39, 0.29) is 29.9 Å². The van der Waals surface area contributed by atoms with E-state index in [1.807, 2.05) is 11.8 Å². The van der Waals surface area contributed by atoms with Gasteiger partial charge in [0.1, 0.15) is 6.33 Å². The number of β-amino-alcohol motifs (C(OH)–C–C–N with tert-alkyl or cyclic N) is 1. The number of nitrogens with zero attached hydrogens (tertiary/aromatic N) is 3. The summed E-state index contributed by atoms with van der Waals surface area (Å²) in [5.41, 5.74) is -0.753. The first-order valence-electron chi connectivity index (χ1n) is 11.1. The van der Waals surface area contributed by atoms with Gasteiger partial charge in [-0.3, -0.25) is 0 Å². The summed E-state index contributed by atoms with van der Waals surface area (Å²) in [6.07, 6.45) is 4.34. The Kier molecular flexibility index (Phi) is 6.12. The van der Waals surface area contributed by atoms with Crippen molar-refractivity contribution in [1.82, 2.24) is 15.3 Å². The molecule has 4 rings (SSSR count). The van der Waals surface area contributed by atoms with Crippen molar-refractivity contribution in [3.05, 3.63) is 12.1 Å². The first-order valence-corrected chi connectivity index (χ1v) is 11.1. The third-order valence-electron chi connectivity index (χ3n) is 7.33. The van der Waals surface area contributed by atoms with Crippen LogP contribution in [0.4, 0.5) is 24.8 Å². The van der Waals surface area contributed by atoms with Gasteiger partial charge in [0.25, 0.3) is 5.92 Å². The van der Waals surface area contributed by atoms with Crippen LogP contribution in [-0.4, -0.2) is 59.8 Å². The molecule has 168 valence electrons. The van der Waals surface area contributed by atoms with E-state index in [9.17, 15) is 13.9 Å². The first-order chi connectivity index (χ1) is 14.4. The summed E-state index contributed by atoms with van der Waals surface area (Å²) < 4.78 is 42.4. The van der Waals surface area contributed by atoms with E-state index in [0.29, 0.717) is 39.0 Å². The number of alkyl halides is 2. The van der Waals surface area contributed by atoms with Crippen molar-refractivity contribution in [2.45, 2.75) is 57.5 Å². The second kappa shape index (κ2) is 8.49. The Bertz CT molecular complexity index is 741. The predicted octanol–water partition coefficient (Wildman–Crippen LogP) is 3.04. The maximum absolute atomic E-state index is 15.1. The number of nitrogens with one attached hydrogen (secondary N) is 2. The van der Waals surface area contributed by atoms with Crippen molar-refractivity contribution < 1.29 is 18.3 Å². The lowest BCUT2D eigenvalue weighted by molar-refractivity contribution is 0.0411. The summed E-state index contributed by atoms with van der Waals surface area (Å²) in [5.74, 6) is -2.28. The van der Waals surface area contributed by atoms with Crippen LogP contribution in [0.3, 0.4) is 0 Å². The fraction of sp³-hybridized carbons (Fsp3) is 0.810. The van der Waals surface area contributed by atoms with E-state index < -0.39 is 23.3 Å². The maximum Gasteiger partial charge on any atom is 0.254 e. The Labute approximate surface area is 175 Å². The first kappa shape index (κ1) is 21.6.